The predicted molar refractivity (Wildman–Crippen MR) is 221 cm³/mol. The number of alkyl halides is 17. The van der Waals surface area contributed by atoms with E-state index in [0.29, 0.717) is 40.3 Å². The van der Waals surface area contributed by atoms with Crippen LogP contribution in [0.25, 0.3) is 22.2 Å². The number of unbranched alkanes of at least 4 members (excludes halogenated alkanes) is 1. The standard InChI is InChI=1S/C41H44F17N7O7S/c1-21-23-8-7-22(25-19-65(64-63-25)12-4-9-34(42,43)35(44,45)36(46,47)37(48,49)38(50,51)39(52,53)40(54,55)41(56,57)58)17-27(23)72-32(68)24(21)18-30(67)60-11-14-71-16-15-70-13-10-59-29(66)6-3-2-5-28-31-26(20-73-28)61-33(69)62-31/h7-8,17,19,26,28,31H,2-6,9-16,18,20H2,1H3,(H,59,66)(H,60,67)(H2,61,62,69)/t26-,28-,31-/m0/s1. The van der Waals surface area contributed by atoms with Crippen LogP contribution in [-0.2, 0) is 32.0 Å². The molecule has 0 spiro atoms. The number of ether oxygens (including phenoxy) is 2. The zero-order valence-corrected chi connectivity index (χ0v) is 38.5. The van der Waals surface area contributed by atoms with Crippen LogP contribution in [0.4, 0.5) is 79.4 Å². The molecule has 14 nitrogen and oxygen atoms in total. The Hall–Kier alpha value is -5.14. The molecular formula is C41H44F17N7O7S. The van der Waals surface area contributed by atoms with Gasteiger partial charge in [-0.05, 0) is 37.8 Å². The van der Waals surface area contributed by atoms with E-state index in [9.17, 15) is 93.8 Å². The van der Waals surface area contributed by atoms with E-state index < -0.39 is 85.0 Å². The number of aromatic nitrogens is 3. The molecule has 4 amide bonds. The van der Waals surface area contributed by atoms with Crippen LogP contribution in [0, 0.1) is 6.92 Å². The van der Waals surface area contributed by atoms with Gasteiger partial charge in [-0.15, -0.1) is 5.10 Å². The van der Waals surface area contributed by atoms with Crippen LogP contribution in [0.5, 0.6) is 0 Å². The fraction of sp³-hybridized carbons (Fsp3) is 0.659. The zero-order valence-electron chi connectivity index (χ0n) is 37.7. The number of halogens is 17. The molecule has 0 bridgehead atoms. The number of nitrogens with one attached hydrogen (secondary N) is 4. The number of thioether (sulfide) groups is 1. The molecule has 5 rings (SSSR count). The van der Waals surface area contributed by atoms with Crippen molar-refractivity contribution in [3.63, 3.8) is 0 Å². The minimum atomic E-state index is -8.71. The number of hydrogen-bond acceptors (Lipinski definition) is 10. The highest BCUT2D eigenvalue weighted by molar-refractivity contribution is 8.00. The minimum Gasteiger partial charge on any atom is -0.422 e. The van der Waals surface area contributed by atoms with E-state index >= 15 is 0 Å². The SMILES string of the molecule is Cc1c(CC(=O)NCCOCCOCCNC(=O)CCCC[C@@H]2SC[C@@H]3NC(=O)N[C@@H]32)c(=O)oc2cc(-c3cn(CCCC(F)(F)C(F)(F)C(F)(F)C(F)(F)C(F)(F)C(F)(F)C(F)(F)C(F)(F)F)nn3)ccc12. The number of carbonyl (C=O) groups excluding carboxylic acids is 3. The molecule has 2 saturated heterocycles. The van der Waals surface area contributed by atoms with Gasteiger partial charge in [0.25, 0.3) is 0 Å². The highest BCUT2D eigenvalue weighted by Crippen LogP contribution is 2.64. The molecule has 0 radical (unpaired) electrons. The summed E-state index contributed by atoms with van der Waals surface area (Å²) in [5.74, 6) is -56.7. The first-order chi connectivity index (χ1) is 33.7. The van der Waals surface area contributed by atoms with E-state index in [1.807, 2.05) is 11.8 Å². The van der Waals surface area contributed by atoms with Crippen LogP contribution in [0.1, 0.15) is 49.7 Å². The second-order valence-electron chi connectivity index (χ2n) is 16.8. The number of fused-ring (bicyclic) bond motifs is 2. The van der Waals surface area contributed by atoms with Crippen molar-refractivity contribution in [2.75, 3.05) is 45.3 Å². The first kappa shape index (κ1) is 58.7. The second-order valence-corrected chi connectivity index (χ2v) is 18.1. The monoisotopic (exact) mass is 1100 g/mol. The van der Waals surface area contributed by atoms with Crippen molar-refractivity contribution >= 4 is 40.6 Å². The predicted octanol–water partition coefficient (Wildman–Crippen LogP) is 7.68. The smallest absolute Gasteiger partial charge is 0.422 e. The molecule has 32 heteroatoms. The van der Waals surface area contributed by atoms with Gasteiger partial charge < -0.3 is 35.2 Å². The topological polar surface area (TPSA) is 179 Å². The fourth-order valence-corrected chi connectivity index (χ4v) is 9.09. The Kier molecular flexibility index (Phi) is 18.0. The summed E-state index contributed by atoms with van der Waals surface area (Å²) in [4.78, 5) is 49.2. The molecule has 1 aromatic carbocycles. The maximum Gasteiger partial charge on any atom is 0.460 e. The van der Waals surface area contributed by atoms with E-state index in [2.05, 4.69) is 31.6 Å². The Labute approximate surface area is 405 Å². The van der Waals surface area contributed by atoms with E-state index in [1.54, 1.807) is 0 Å². The quantitative estimate of drug-likeness (QED) is 0.0256. The number of nitrogens with zero attached hydrogens (tertiary/aromatic N) is 3. The molecule has 2 aliphatic heterocycles. The highest BCUT2D eigenvalue weighted by Gasteiger charge is 2.95. The first-order valence-corrected chi connectivity index (χ1v) is 22.8. The Morgan fingerprint density at radius 1 is 0.767 bits per heavy atom. The fourth-order valence-electron chi connectivity index (χ4n) is 7.55. The van der Waals surface area contributed by atoms with Gasteiger partial charge in [-0.1, -0.05) is 23.8 Å². The molecular weight excluding hydrogens is 1060 g/mol. The third-order valence-corrected chi connectivity index (χ3v) is 13.2. The van der Waals surface area contributed by atoms with Crippen LogP contribution in [0.2, 0.25) is 0 Å². The summed E-state index contributed by atoms with van der Waals surface area (Å²) in [5, 5.41) is 18.9. The van der Waals surface area contributed by atoms with Crippen LogP contribution in [-0.4, -0.2) is 143 Å². The second kappa shape index (κ2) is 22.4. The van der Waals surface area contributed by atoms with Gasteiger partial charge in [0.1, 0.15) is 11.3 Å². The largest absolute Gasteiger partial charge is 0.460 e. The third kappa shape index (κ3) is 12.2. The van der Waals surface area contributed by atoms with Gasteiger partial charge in [0.2, 0.25) is 11.8 Å². The molecule has 0 saturated carbocycles. The molecule has 0 unspecified atom stereocenters. The molecule has 73 heavy (non-hydrogen) atoms. The van der Waals surface area contributed by atoms with Crippen molar-refractivity contribution in [3.05, 3.63) is 45.9 Å². The summed E-state index contributed by atoms with van der Waals surface area (Å²) in [6.45, 7) is 1.54. The summed E-state index contributed by atoms with van der Waals surface area (Å²) in [7, 11) is 0. The summed E-state index contributed by atoms with van der Waals surface area (Å²) in [6, 6.07) is 4.11. The van der Waals surface area contributed by atoms with Gasteiger partial charge in [0, 0.05) is 54.4 Å². The van der Waals surface area contributed by atoms with Crippen LogP contribution < -0.4 is 26.9 Å². The molecule has 3 aromatic rings. The molecule has 410 valence electrons. The van der Waals surface area contributed by atoms with E-state index in [4.69, 9.17) is 13.9 Å². The number of aryl methyl sites for hydroxylation is 2. The summed E-state index contributed by atoms with van der Waals surface area (Å²) in [6.07, 6.45) is -8.61. The zero-order chi connectivity index (χ0) is 54.6. The van der Waals surface area contributed by atoms with Crippen molar-refractivity contribution in [2.24, 2.45) is 0 Å². The molecule has 4 heterocycles. The Balaban J connectivity index is 1.02. The number of benzene rings is 1. The molecule has 3 atom stereocenters. The van der Waals surface area contributed by atoms with Gasteiger partial charge >= 0.3 is 59.3 Å². The molecule has 2 aliphatic rings. The van der Waals surface area contributed by atoms with Crippen molar-refractivity contribution in [1.29, 1.82) is 0 Å². The molecule has 2 aromatic heterocycles. The lowest BCUT2D eigenvalue weighted by atomic mass is 9.88. The highest BCUT2D eigenvalue weighted by atomic mass is 32.2. The van der Waals surface area contributed by atoms with E-state index in [-0.39, 0.29) is 79.4 Å². The van der Waals surface area contributed by atoms with Crippen molar-refractivity contribution in [3.8, 4) is 11.3 Å². The lowest BCUT2D eigenvalue weighted by molar-refractivity contribution is -0.461. The third-order valence-electron chi connectivity index (χ3n) is 11.7. The number of urea groups is 1. The van der Waals surface area contributed by atoms with E-state index in [0.717, 1.165) is 24.8 Å². The molecule has 0 aliphatic carbocycles. The maximum absolute atomic E-state index is 14.4. The Morgan fingerprint density at radius 2 is 1.36 bits per heavy atom. The average Bonchev–Trinajstić information content (AvgIpc) is 4.02. The van der Waals surface area contributed by atoms with Crippen LogP contribution in [0.3, 0.4) is 0 Å². The maximum atomic E-state index is 14.4. The van der Waals surface area contributed by atoms with Gasteiger partial charge in [0.05, 0.1) is 56.7 Å². The van der Waals surface area contributed by atoms with Gasteiger partial charge in [0.15, 0.2) is 0 Å². The minimum absolute atomic E-state index is 0.0251. The first-order valence-electron chi connectivity index (χ1n) is 21.8. The molecule has 2 fully saturated rings. The lowest BCUT2D eigenvalue weighted by Crippen LogP contribution is -2.74. The number of carbonyl (C=O) groups is 3. The Morgan fingerprint density at radius 3 is 1.97 bits per heavy atom. The number of amides is 4. The number of rotatable bonds is 27. The summed E-state index contributed by atoms with van der Waals surface area (Å²) >= 11 is 1.81. The summed E-state index contributed by atoms with van der Waals surface area (Å²) < 4.78 is 248. The number of hydrogen-bond donors (Lipinski definition) is 4. The van der Waals surface area contributed by atoms with Crippen molar-refractivity contribution < 1.29 is 103 Å². The van der Waals surface area contributed by atoms with Gasteiger partial charge in [-0.25, -0.2) is 9.59 Å². The van der Waals surface area contributed by atoms with Crippen molar-refractivity contribution in [2.45, 2.75) is 123 Å². The Bertz CT molecular complexity index is 2490. The molecule has 4 N–H and O–H groups in total. The summed E-state index contributed by atoms with van der Waals surface area (Å²) in [5.41, 5.74) is -0.783. The normalized spacial score (nSPS) is 18.2. The average molecular weight is 1100 g/mol. The van der Waals surface area contributed by atoms with Gasteiger partial charge in [-0.2, -0.15) is 86.4 Å². The van der Waals surface area contributed by atoms with Crippen molar-refractivity contribution in [1.82, 2.24) is 36.3 Å². The van der Waals surface area contributed by atoms with Crippen LogP contribution in [0.15, 0.2) is 33.6 Å². The van der Waals surface area contributed by atoms with Crippen LogP contribution >= 0.6 is 11.8 Å². The van der Waals surface area contributed by atoms with Gasteiger partial charge in [-0.3, -0.25) is 14.3 Å². The van der Waals surface area contributed by atoms with E-state index in [1.165, 1.54) is 25.1 Å². The lowest BCUT2D eigenvalue weighted by Gasteiger charge is -2.42.